The Morgan fingerprint density at radius 1 is 1.50 bits per heavy atom. The molecule has 0 saturated carbocycles. The van der Waals surface area contributed by atoms with Crippen molar-refractivity contribution in [2.24, 2.45) is 0 Å². The number of carbonyl (C=O) groups is 1. The molecule has 1 aromatic rings. The van der Waals surface area contributed by atoms with E-state index >= 15 is 0 Å². The number of aryl methyl sites for hydroxylation is 1. The Hall–Kier alpha value is -1.64. The first kappa shape index (κ1) is 8.94. The first-order valence-electron chi connectivity index (χ1n) is 4.56. The Labute approximate surface area is 82.4 Å². The Balaban J connectivity index is 2.39. The molecular weight excluding hydrogens is 178 g/mol. The molecule has 0 amide bonds. The van der Waals surface area contributed by atoms with Gasteiger partial charge in [0.15, 0.2) is 0 Å². The summed E-state index contributed by atoms with van der Waals surface area (Å²) in [5.41, 5.74) is 2.47. The molecule has 1 heterocycles. The maximum Gasteiger partial charge on any atom is 0.356 e. The smallest absolute Gasteiger partial charge is 0.356 e. The molecule has 0 N–H and O–H groups in total. The van der Waals surface area contributed by atoms with E-state index < -0.39 is 0 Å². The lowest BCUT2D eigenvalue weighted by Crippen LogP contribution is -2.08. The van der Waals surface area contributed by atoms with Crippen molar-refractivity contribution in [3.8, 4) is 0 Å². The number of hydrogen-bond acceptors (Lipinski definition) is 3. The van der Waals surface area contributed by atoms with E-state index in [4.69, 9.17) is 0 Å². The van der Waals surface area contributed by atoms with Gasteiger partial charge in [0.1, 0.15) is 5.69 Å². The van der Waals surface area contributed by atoms with Crippen LogP contribution in [0.5, 0.6) is 0 Å². The number of hydrogen-bond donors (Lipinski definition) is 0. The molecule has 0 aromatic carbocycles. The fourth-order valence-corrected chi connectivity index (χ4v) is 1.51. The van der Waals surface area contributed by atoms with Crippen LogP contribution in [0, 0.1) is 0 Å². The summed E-state index contributed by atoms with van der Waals surface area (Å²) in [5.74, 6) is -0.373. The summed E-state index contributed by atoms with van der Waals surface area (Å²) in [6.07, 6.45) is 6.04. The van der Waals surface area contributed by atoms with E-state index in [0.29, 0.717) is 5.69 Å². The van der Waals surface area contributed by atoms with E-state index in [2.05, 4.69) is 15.8 Å². The van der Waals surface area contributed by atoms with E-state index in [1.165, 1.54) is 7.11 Å². The highest BCUT2D eigenvalue weighted by Gasteiger charge is 2.11. The summed E-state index contributed by atoms with van der Waals surface area (Å²) in [4.78, 5) is 15.5. The molecule has 0 bridgehead atoms. The summed E-state index contributed by atoms with van der Waals surface area (Å²) in [6.45, 7) is 0. The van der Waals surface area contributed by atoms with Crippen molar-refractivity contribution in [3.63, 3.8) is 0 Å². The van der Waals surface area contributed by atoms with E-state index in [9.17, 15) is 4.79 Å². The van der Waals surface area contributed by atoms with Crippen molar-refractivity contribution in [1.29, 1.82) is 0 Å². The van der Waals surface area contributed by atoms with Crippen LogP contribution in [0.3, 0.4) is 0 Å². The molecule has 3 heteroatoms. The van der Waals surface area contributed by atoms with Crippen molar-refractivity contribution in [2.45, 2.75) is 12.8 Å². The monoisotopic (exact) mass is 189 g/mol. The average molecular weight is 189 g/mol. The van der Waals surface area contributed by atoms with E-state index in [0.717, 1.165) is 24.1 Å². The molecule has 0 aliphatic heterocycles. The highest BCUT2D eigenvalue weighted by Crippen LogP contribution is 2.17. The quantitative estimate of drug-likeness (QED) is 0.632. The molecule has 14 heavy (non-hydrogen) atoms. The standard InChI is InChI=1S/C11H11NO2/c1-14-11(13)10-7-6-8-4-2-3-5-9(8)12-10/h2,4,6-7H,3,5H2,1H3. The van der Waals surface area contributed by atoms with Gasteiger partial charge < -0.3 is 4.74 Å². The summed E-state index contributed by atoms with van der Waals surface area (Å²) in [5, 5.41) is 0. The number of carbonyl (C=O) groups excluding carboxylic acids is 1. The number of methoxy groups -OCH3 is 1. The Bertz CT molecular complexity index is 396. The number of aromatic nitrogens is 1. The number of pyridine rings is 1. The highest BCUT2D eigenvalue weighted by molar-refractivity contribution is 5.87. The topological polar surface area (TPSA) is 39.2 Å². The predicted octanol–water partition coefficient (Wildman–Crippen LogP) is 1.83. The maximum absolute atomic E-state index is 11.2. The zero-order valence-electron chi connectivity index (χ0n) is 7.99. The van der Waals surface area contributed by atoms with E-state index in [-0.39, 0.29) is 5.97 Å². The van der Waals surface area contributed by atoms with Crippen LogP contribution in [-0.4, -0.2) is 18.1 Å². The SMILES string of the molecule is COC(=O)c1ccc2c(n1)CCC=C2. The molecule has 72 valence electrons. The van der Waals surface area contributed by atoms with Gasteiger partial charge in [-0.25, -0.2) is 9.78 Å². The van der Waals surface area contributed by atoms with Crippen LogP contribution in [-0.2, 0) is 11.2 Å². The number of ether oxygens (including phenoxy) is 1. The molecule has 1 aromatic heterocycles. The van der Waals surface area contributed by atoms with E-state index in [1.807, 2.05) is 12.1 Å². The van der Waals surface area contributed by atoms with E-state index in [1.54, 1.807) is 6.07 Å². The van der Waals surface area contributed by atoms with Crippen molar-refractivity contribution < 1.29 is 9.53 Å². The van der Waals surface area contributed by atoms with Crippen LogP contribution >= 0.6 is 0 Å². The van der Waals surface area contributed by atoms with Crippen LogP contribution in [0.2, 0.25) is 0 Å². The number of allylic oxidation sites excluding steroid dienone is 1. The molecule has 0 fully saturated rings. The molecule has 0 atom stereocenters. The van der Waals surface area contributed by atoms with Crippen LogP contribution < -0.4 is 0 Å². The largest absolute Gasteiger partial charge is 0.464 e. The van der Waals surface area contributed by atoms with Crippen LogP contribution in [0.1, 0.15) is 28.2 Å². The summed E-state index contributed by atoms with van der Waals surface area (Å²) in [7, 11) is 1.36. The van der Waals surface area contributed by atoms with Gasteiger partial charge in [-0.2, -0.15) is 0 Å². The van der Waals surface area contributed by atoms with Crippen LogP contribution in [0.4, 0.5) is 0 Å². The van der Waals surface area contributed by atoms with Crippen molar-refractivity contribution in [3.05, 3.63) is 35.2 Å². The number of nitrogens with zero attached hydrogens (tertiary/aromatic N) is 1. The minimum absolute atomic E-state index is 0.373. The Morgan fingerprint density at radius 3 is 3.14 bits per heavy atom. The Morgan fingerprint density at radius 2 is 2.36 bits per heavy atom. The lowest BCUT2D eigenvalue weighted by atomic mass is 10.0. The van der Waals surface area contributed by atoms with Gasteiger partial charge in [-0.15, -0.1) is 0 Å². The molecule has 2 rings (SSSR count). The zero-order valence-corrected chi connectivity index (χ0v) is 7.99. The lowest BCUT2D eigenvalue weighted by molar-refractivity contribution is 0.0593. The van der Waals surface area contributed by atoms with Crippen LogP contribution in [0.15, 0.2) is 18.2 Å². The van der Waals surface area contributed by atoms with Crippen molar-refractivity contribution in [2.75, 3.05) is 7.11 Å². The van der Waals surface area contributed by atoms with Crippen LogP contribution in [0.25, 0.3) is 6.08 Å². The zero-order chi connectivity index (χ0) is 9.97. The molecule has 0 radical (unpaired) electrons. The number of rotatable bonds is 1. The predicted molar refractivity (Wildman–Crippen MR) is 52.9 cm³/mol. The molecule has 0 spiro atoms. The number of fused-ring (bicyclic) bond motifs is 1. The van der Waals surface area contributed by atoms with Crippen molar-refractivity contribution in [1.82, 2.24) is 4.98 Å². The summed E-state index contributed by atoms with van der Waals surface area (Å²) in [6, 6.07) is 3.60. The second kappa shape index (κ2) is 3.62. The Kier molecular flexibility index (Phi) is 2.31. The number of esters is 1. The highest BCUT2D eigenvalue weighted by atomic mass is 16.5. The van der Waals surface area contributed by atoms with Crippen molar-refractivity contribution >= 4 is 12.0 Å². The van der Waals surface area contributed by atoms with Gasteiger partial charge in [0, 0.05) is 5.69 Å². The third-order valence-electron chi connectivity index (χ3n) is 2.25. The summed E-state index contributed by atoms with van der Waals surface area (Å²) < 4.78 is 4.61. The molecular formula is C11H11NO2. The molecule has 3 nitrogen and oxygen atoms in total. The van der Waals surface area contributed by atoms with Gasteiger partial charge in [-0.05, 0) is 24.5 Å². The van der Waals surface area contributed by atoms with Gasteiger partial charge in [-0.1, -0.05) is 18.2 Å². The van der Waals surface area contributed by atoms with Gasteiger partial charge >= 0.3 is 5.97 Å². The molecule has 0 saturated heterocycles. The second-order valence-corrected chi connectivity index (χ2v) is 3.17. The first-order valence-corrected chi connectivity index (χ1v) is 4.56. The van der Waals surface area contributed by atoms with Gasteiger partial charge in [0.25, 0.3) is 0 Å². The fraction of sp³-hybridized carbons (Fsp3) is 0.273. The third-order valence-corrected chi connectivity index (χ3v) is 2.25. The van der Waals surface area contributed by atoms with Gasteiger partial charge in [-0.3, -0.25) is 0 Å². The molecule has 1 aliphatic carbocycles. The molecule has 0 unspecified atom stereocenters. The minimum Gasteiger partial charge on any atom is -0.464 e. The van der Waals surface area contributed by atoms with Gasteiger partial charge in [0.2, 0.25) is 0 Å². The third kappa shape index (κ3) is 1.53. The summed E-state index contributed by atoms with van der Waals surface area (Å²) >= 11 is 0. The average Bonchev–Trinajstić information content (AvgIpc) is 2.27. The first-order chi connectivity index (χ1) is 6.81. The minimum atomic E-state index is -0.373. The normalized spacial score (nSPS) is 13.5. The fourth-order valence-electron chi connectivity index (χ4n) is 1.51. The second-order valence-electron chi connectivity index (χ2n) is 3.17. The maximum atomic E-state index is 11.2. The molecule has 1 aliphatic rings. The lowest BCUT2D eigenvalue weighted by Gasteiger charge is -2.09. The van der Waals surface area contributed by atoms with Gasteiger partial charge in [0.05, 0.1) is 7.11 Å².